The van der Waals surface area contributed by atoms with Gasteiger partial charge in [-0.25, -0.2) is 0 Å². The standard InChI is InChI=1S/C29H32N10O4/c1-36-14-19(34-17-40)11-22(36)28(42)35-20-12-24(37(2)15-20)29(43)39(26(32)18-7-5-4-6-8-18)21-13-23(38(3)16-21)27(41)33-10-9-25(30)31/h4-8,11-17,32H,9-10H2,1-3H3,(H3,30,31)(H,33,41)(H,34,40)(H,35,42). The maximum atomic E-state index is 14.1. The van der Waals surface area contributed by atoms with Crippen molar-refractivity contribution in [3.8, 4) is 0 Å². The second-order valence-electron chi connectivity index (χ2n) is 9.75. The largest absolute Gasteiger partial charge is 0.388 e. The number of anilines is 3. The summed E-state index contributed by atoms with van der Waals surface area (Å²) < 4.78 is 4.63. The van der Waals surface area contributed by atoms with Gasteiger partial charge in [0.05, 0.1) is 22.9 Å². The average molecular weight is 585 g/mol. The minimum Gasteiger partial charge on any atom is -0.388 e. The molecule has 0 fully saturated rings. The molecule has 0 aliphatic rings. The molecule has 0 aliphatic carbocycles. The van der Waals surface area contributed by atoms with Gasteiger partial charge in [-0.2, -0.15) is 0 Å². The topological polar surface area (TPSA) is 196 Å². The van der Waals surface area contributed by atoms with Crippen molar-refractivity contribution in [2.75, 3.05) is 22.1 Å². The first-order valence-electron chi connectivity index (χ1n) is 13.1. The lowest BCUT2D eigenvalue weighted by molar-refractivity contribution is -0.105. The number of amides is 4. The number of hydrogen-bond donors (Lipinski definition) is 6. The molecule has 14 nitrogen and oxygen atoms in total. The number of aromatic nitrogens is 3. The van der Waals surface area contributed by atoms with E-state index in [4.69, 9.17) is 16.6 Å². The van der Waals surface area contributed by atoms with Crippen molar-refractivity contribution in [1.82, 2.24) is 19.0 Å². The Hall–Kier alpha value is -5.92. The summed E-state index contributed by atoms with van der Waals surface area (Å²) in [6.07, 6.45) is 5.44. The highest BCUT2D eigenvalue weighted by atomic mass is 16.2. The van der Waals surface area contributed by atoms with Gasteiger partial charge in [0.15, 0.2) is 0 Å². The van der Waals surface area contributed by atoms with Crippen molar-refractivity contribution in [1.29, 1.82) is 10.8 Å². The highest BCUT2D eigenvalue weighted by Gasteiger charge is 2.28. The van der Waals surface area contributed by atoms with Crippen LogP contribution in [0, 0.1) is 10.8 Å². The first-order chi connectivity index (χ1) is 20.5. The Labute approximate surface area is 247 Å². The van der Waals surface area contributed by atoms with Gasteiger partial charge in [0, 0.05) is 58.3 Å². The van der Waals surface area contributed by atoms with Gasteiger partial charge in [0.2, 0.25) is 6.41 Å². The molecule has 3 aromatic heterocycles. The first kappa shape index (κ1) is 30.0. The number of hydrogen-bond acceptors (Lipinski definition) is 6. The smallest absolute Gasteiger partial charge is 0.280 e. The third-order valence-corrected chi connectivity index (χ3v) is 6.58. The summed E-state index contributed by atoms with van der Waals surface area (Å²) in [5, 5.41) is 24.3. The number of nitrogens with zero attached hydrogens (tertiary/aromatic N) is 4. The predicted octanol–water partition coefficient (Wildman–Crippen LogP) is 2.25. The summed E-state index contributed by atoms with van der Waals surface area (Å²) in [7, 11) is 4.95. The Morgan fingerprint density at radius 3 is 2.14 bits per heavy atom. The summed E-state index contributed by atoms with van der Waals surface area (Å²) in [6, 6.07) is 13.2. The van der Waals surface area contributed by atoms with Crippen molar-refractivity contribution >= 4 is 52.9 Å². The fraction of sp³-hybridized carbons (Fsp3) is 0.172. The molecular weight excluding hydrogens is 552 g/mol. The lowest BCUT2D eigenvalue weighted by atomic mass is 10.1. The quantitative estimate of drug-likeness (QED) is 0.0892. The number of aryl methyl sites for hydroxylation is 3. The molecule has 0 radical (unpaired) electrons. The number of carbonyl (C=O) groups excluding carboxylic acids is 4. The van der Waals surface area contributed by atoms with Gasteiger partial charge >= 0.3 is 0 Å². The SMILES string of the molecule is Cn1cc(N(C(=N)c2ccccc2)C(=O)c2cc(NC(=O)c3cc(NC=O)cn3C)cn2C)cc1C(=O)NCCC(=N)N. The normalized spacial score (nSPS) is 10.6. The number of nitrogens with two attached hydrogens (primary N) is 1. The Bertz CT molecular complexity index is 1710. The van der Waals surface area contributed by atoms with E-state index in [0.717, 1.165) is 0 Å². The molecule has 4 amide bonds. The molecule has 0 bridgehead atoms. The molecule has 43 heavy (non-hydrogen) atoms. The maximum Gasteiger partial charge on any atom is 0.280 e. The van der Waals surface area contributed by atoms with Crippen LogP contribution in [0.3, 0.4) is 0 Å². The minimum absolute atomic E-state index is 0.0533. The van der Waals surface area contributed by atoms with E-state index in [1.54, 1.807) is 79.2 Å². The zero-order valence-corrected chi connectivity index (χ0v) is 23.8. The van der Waals surface area contributed by atoms with Crippen LogP contribution in [0.2, 0.25) is 0 Å². The van der Waals surface area contributed by atoms with Crippen molar-refractivity contribution in [3.05, 3.63) is 89.8 Å². The van der Waals surface area contributed by atoms with E-state index in [1.807, 2.05) is 0 Å². The van der Waals surface area contributed by atoms with Gasteiger partial charge < -0.3 is 35.4 Å². The number of nitrogens with one attached hydrogen (secondary N) is 5. The van der Waals surface area contributed by atoms with Crippen molar-refractivity contribution in [2.45, 2.75) is 6.42 Å². The van der Waals surface area contributed by atoms with Gasteiger partial charge in [-0.1, -0.05) is 30.3 Å². The molecule has 1 aromatic carbocycles. The molecule has 7 N–H and O–H groups in total. The molecule has 0 aliphatic heterocycles. The van der Waals surface area contributed by atoms with Gasteiger partial charge in [0.25, 0.3) is 17.7 Å². The molecule has 222 valence electrons. The van der Waals surface area contributed by atoms with Gasteiger partial charge in [-0.3, -0.25) is 34.9 Å². The second kappa shape index (κ2) is 12.7. The van der Waals surface area contributed by atoms with Crippen LogP contribution in [0.1, 0.15) is 43.4 Å². The number of rotatable bonds is 11. The number of carbonyl (C=O) groups is 4. The van der Waals surface area contributed by atoms with Crippen LogP contribution in [0.15, 0.2) is 67.1 Å². The molecule has 14 heteroatoms. The molecule has 0 unspecified atom stereocenters. The highest BCUT2D eigenvalue weighted by Crippen LogP contribution is 2.25. The number of amidine groups is 2. The summed E-state index contributed by atoms with van der Waals surface area (Å²) in [5.74, 6) is -1.62. The third kappa shape index (κ3) is 6.70. The zero-order chi connectivity index (χ0) is 31.3. The van der Waals surface area contributed by atoms with Crippen LogP contribution in [-0.2, 0) is 25.9 Å². The van der Waals surface area contributed by atoms with Crippen LogP contribution in [0.4, 0.5) is 17.1 Å². The first-order valence-corrected chi connectivity index (χ1v) is 13.1. The van der Waals surface area contributed by atoms with Crippen LogP contribution in [-0.4, -0.2) is 56.0 Å². The average Bonchev–Trinajstić information content (AvgIpc) is 3.64. The second-order valence-corrected chi connectivity index (χ2v) is 9.75. The summed E-state index contributed by atoms with van der Waals surface area (Å²) in [4.78, 5) is 51.8. The number of benzene rings is 1. The Balaban J connectivity index is 1.65. The van der Waals surface area contributed by atoms with Crippen molar-refractivity contribution in [2.24, 2.45) is 26.9 Å². The lowest BCUT2D eigenvalue weighted by Gasteiger charge is -2.22. The van der Waals surface area contributed by atoms with Crippen molar-refractivity contribution < 1.29 is 19.2 Å². The third-order valence-electron chi connectivity index (χ3n) is 6.58. The summed E-state index contributed by atoms with van der Waals surface area (Å²) in [5.41, 5.74) is 7.61. The summed E-state index contributed by atoms with van der Waals surface area (Å²) in [6.45, 7) is 0.173. The van der Waals surface area contributed by atoms with Crippen LogP contribution in [0.25, 0.3) is 0 Å². The van der Waals surface area contributed by atoms with Gasteiger partial charge in [-0.15, -0.1) is 0 Å². The Kier molecular flexibility index (Phi) is 8.89. The Morgan fingerprint density at radius 1 is 0.860 bits per heavy atom. The molecule has 0 spiro atoms. The highest BCUT2D eigenvalue weighted by molar-refractivity contribution is 6.26. The van der Waals surface area contributed by atoms with E-state index in [0.29, 0.717) is 23.3 Å². The predicted molar refractivity (Wildman–Crippen MR) is 163 cm³/mol. The van der Waals surface area contributed by atoms with E-state index in [-0.39, 0.29) is 47.4 Å². The van der Waals surface area contributed by atoms with E-state index in [2.05, 4.69) is 16.0 Å². The molecule has 4 aromatic rings. The van der Waals surface area contributed by atoms with Crippen LogP contribution in [0.5, 0.6) is 0 Å². The molecule has 0 saturated heterocycles. The van der Waals surface area contributed by atoms with E-state index < -0.39 is 17.7 Å². The monoisotopic (exact) mass is 584 g/mol. The fourth-order valence-corrected chi connectivity index (χ4v) is 4.46. The van der Waals surface area contributed by atoms with E-state index >= 15 is 0 Å². The van der Waals surface area contributed by atoms with Crippen LogP contribution >= 0.6 is 0 Å². The zero-order valence-electron chi connectivity index (χ0n) is 23.8. The van der Waals surface area contributed by atoms with Crippen molar-refractivity contribution in [3.63, 3.8) is 0 Å². The Morgan fingerprint density at radius 2 is 1.47 bits per heavy atom. The van der Waals surface area contributed by atoms with E-state index in [9.17, 15) is 19.2 Å². The van der Waals surface area contributed by atoms with Crippen LogP contribution < -0.4 is 26.6 Å². The molecule has 3 heterocycles. The molecule has 0 atom stereocenters. The van der Waals surface area contributed by atoms with Gasteiger partial charge in [-0.05, 0) is 18.2 Å². The molecule has 4 rings (SSSR count). The molecule has 0 saturated carbocycles. The fourth-order valence-electron chi connectivity index (χ4n) is 4.46. The maximum absolute atomic E-state index is 14.1. The summed E-state index contributed by atoms with van der Waals surface area (Å²) >= 11 is 0. The minimum atomic E-state index is -0.567. The van der Waals surface area contributed by atoms with Gasteiger partial charge in [0.1, 0.15) is 22.9 Å². The lowest BCUT2D eigenvalue weighted by Crippen LogP contribution is -2.38. The molecular formula is C29H32N10O4. The van der Waals surface area contributed by atoms with E-state index in [1.165, 1.54) is 27.7 Å².